The number of benzene rings is 1. The Morgan fingerprint density at radius 3 is 2.80 bits per heavy atom. The molecule has 20 heavy (non-hydrogen) atoms. The zero-order valence-corrected chi connectivity index (χ0v) is 11.5. The Hall–Kier alpha value is -2.45. The van der Waals surface area contributed by atoms with Gasteiger partial charge < -0.3 is 15.1 Å². The Morgan fingerprint density at radius 2 is 2.20 bits per heavy atom. The maximum absolute atomic E-state index is 11.0. The standard InChI is InChI=1S/C14H12ClN3O2/c1-9(19)18-14-5-2-10(6-13(14)15)17-8-12-4-3-11(7-16)20-12/h2-6,17H,8H2,1H3,(H,18,19). The molecule has 0 atom stereocenters. The van der Waals surface area contributed by atoms with E-state index in [2.05, 4.69) is 10.6 Å². The van der Waals surface area contributed by atoms with Crippen LogP contribution in [0.2, 0.25) is 5.02 Å². The number of nitrogens with one attached hydrogen (secondary N) is 2. The third kappa shape index (κ3) is 3.53. The summed E-state index contributed by atoms with van der Waals surface area (Å²) in [5.41, 5.74) is 1.36. The van der Waals surface area contributed by atoms with Crippen molar-refractivity contribution in [2.45, 2.75) is 13.5 Å². The minimum absolute atomic E-state index is 0.174. The van der Waals surface area contributed by atoms with Gasteiger partial charge in [0.2, 0.25) is 11.7 Å². The SMILES string of the molecule is CC(=O)Nc1ccc(NCc2ccc(C#N)o2)cc1Cl. The third-order valence-corrected chi connectivity index (χ3v) is 2.83. The zero-order valence-electron chi connectivity index (χ0n) is 10.7. The van der Waals surface area contributed by atoms with Crippen molar-refractivity contribution in [3.63, 3.8) is 0 Å². The van der Waals surface area contributed by atoms with E-state index in [0.29, 0.717) is 23.0 Å². The smallest absolute Gasteiger partial charge is 0.221 e. The summed E-state index contributed by atoms with van der Waals surface area (Å²) in [6, 6.07) is 10.5. The summed E-state index contributed by atoms with van der Waals surface area (Å²) >= 11 is 6.06. The molecule has 0 spiro atoms. The third-order valence-electron chi connectivity index (χ3n) is 2.52. The number of amides is 1. The minimum Gasteiger partial charge on any atom is -0.449 e. The number of anilines is 2. The highest BCUT2D eigenvalue weighted by Gasteiger charge is 2.05. The molecule has 5 nitrogen and oxygen atoms in total. The molecule has 0 aliphatic heterocycles. The number of hydrogen-bond acceptors (Lipinski definition) is 4. The Labute approximate surface area is 121 Å². The fraction of sp³-hybridized carbons (Fsp3) is 0.143. The minimum atomic E-state index is -0.174. The summed E-state index contributed by atoms with van der Waals surface area (Å²) in [7, 11) is 0. The van der Waals surface area contributed by atoms with E-state index in [4.69, 9.17) is 21.3 Å². The van der Waals surface area contributed by atoms with E-state index in [-0.39, 0.29) is 11.7 Å². The van der Waals surface area contributed by atoms with Crippen molar-refractivity contribution in [2.75, 3.05) is 10.6 Å². The summed E-state index contributed by atoms with van der Waals surface area (Å²) in [5.74, 6) is 0.761. The van der Waals surface area contributed by atoms with Gasteiger partial charge in [-0.15, -0.1) is 0 Å². The Morgan fingerprint density at radius 1 is 1.40 bits per heavy atom. The molecule has 0 aliphatic carbocycles. The van der Waals surface area contributed by atoms with Gasteiger partial charge in [-0.3, -0.25) is 4.79 Å². The van der Waals surface area contributed by atoms with E-state index in [1.54, 1.807) is 30.3 Å². The van der Waals surface area contributed by atoms with Gasteiger partial charge in [-0.05, 0) is 30.3 Å². The highest BCUT2D eigenvalue weighted by Crippen LogP contribution is 2.25. The van der Waals surface area contributed by atoms with Gasteiger partial charge in [0.15, 0.2) is 0 Å². The quantitative estimate of drug-likeness (QED) is 0.904. The maximum Gasteiger partial charge on any atom is 0.221 e. The average molecular weight is 290 g/mol. The van der Waals surface area contributed by atoms with Crippen LogP contribution in [-0.2, 0) is 11.3 Å². The van der Waals surface area contributed by atoms with E-state index in [9.17, 15) is 4.79 Å². The maximum atomic E-state index is 11.0. The zero-order chi connectivity index (χ0) is 14.5. The van der Waals surface area contributed by atoms with Crippen molar-refractivity contribution in [2.24, 2.45) is 0 Å². The molecule has 1 aromatic carbocycles. The fourth-order valence-electron chi connectivity index (χ4n) is 1.64. The van der Waals surface area contributed by atoms with Gasteiger partial charge in [0.05, 0.1) is 17.3 Å². The summed E-state index contributed by atoms with van der Waals surface area (Å²) < 4.78 is 5.25. The Bertz CT molecular complexity index is 673. The van der Waals surface area contributed by atoms with Crippen LogP contribution < -0.4 is 10.6 Å². The summed E-state index contributed by atoms with van der Waals surface area (Å²) in [6.07, 6.45) is 0. The lowest BCUT2D eigenvalue weighted by Gasteiger charge is -2.08. The van der Waals surface area contributed by atoms with Crippen molar-refractivity contribution in [3.8, 4) is 6.07 Å². The van der Waals surface area contributed by atoms with E-state index in [1.807, 2.05) is 6.07 Å². The number of hydrogen-bond donors (Lipinski definition) is 2. The lowest BCUT2D eigenvalue weighted by molar-refractivity contribution is -0.114. The predicted octanol–water partition coefficient (Wildman–Crippen LogP) is 3.38. The van der Waals surface area contributed by atoms with Crippen LogP contribution in [0, 0.1) is 11.3 Å². The van der Waals surface area contributed by atoms with Crippen LogP contribution in [0.4, 0.5) is 11.4 Å². The van der Waals surface area contributed by atoms with E-state index >= 15 is 0 Å². The molecule has 2 rings (SSSR count). The summed E-state index contributed by atoms with van der Waals surface area (Å²) in [6.45, 7) is 1.86. The molecule has 0 fully saturated rings. The van der Waals surface area contributed by atoms with Crippen molar-refractivity contribution in [1.82, 2.24) is 0 Å². The normalized spacial score (nSPS) is 9.85. The monoisotopic (exact) mass is 289 g/mol. The van der Waals surface area contributed by atoms with E-state index < -0.39 is 0 Å². The lowest BCUT2D eigenvalue weighted by atomic mass is 10.2. The molecular weight excluding hydrogens is 278 g/mol. The molecule has 1 aromatic heterocycles. The predicted molar refractivity (Wildman–Crippen MR) is 76.5 cm³/mol. The van der Waals surface area contributed by atoms with Gasteiger partial charge in [-0.2, -0.15) is 5.26 Å². The number of nitrogens with zero attached hydrogens (tertiary/aromatic N) is 1. The molecule has 2 aromatic rings. The van der Waals surface area contributed by atoms with E-state index in [1.165, 1.54) is 6.92 Å². The lowest BCUT2D eigenvalue weighted by Crippen LogP contribution is -2.06. The largest absolute Gasteiger partial charge is 0.449 e. The molecule has 0 saturated heterocycles. The van der Waals surface area contributed by atoms with Crippen LogP contribution in [0.3, 0.4) is 0 Å². The topological polar surface area (TPSA) is 78.1 Å². The van der Waals surface area contributed by atoms with Crippen LogP contribution in [0.1, 0.15) is 18.4 Å². The molecule has 0 aliphatic rings. The summed E-state index contributed by atoms with van der Waals surface area (Å²) in [5, 5.41) is 14.9. The Balaban J connectivity index is 2.01. The number of carbonyl (C=O) groups is 1. The van der Waals surface area contributed by atoms with Crippen LogP contribution in [-0.4, -0.2) is 5.91 Å². The van der Waals surface area contributed by atoms with Crippen LogP contribution in [0.5, 0.6) is 0 Å². The molecule has 0 radical (unpaired) electrons. The summed E-state index contributed by atoms with van der Waals surface area (Å²) in [4.78, 5) is 11.0. The van der Waals surface area contributed by atoms with Gasteiger partial charge >= 0.3 is 0 Å². The van der Waals surface area contributed by atoms with Crippen molar-refractivity contribution >= 4 is 28.9 Å². The van der Waals surface area contributed by atoms with E-state index in [0.717, 1.165) is 5.69 Å². The molecule has 0 bridgehead atoms. The number of halogens is 1. The average Bonchev–Trinajstić information content (AvgIpc) is 2.87. The molecule has 0 unspecified atom stereocenters. The number of nitriles is 1. The van der Waals surface area contributed by atoms with Gasteiger partial charge in [0.25, 0.3) is 0 Å². The number of furan rings is 1. The van der Waals surface area contributed by atoms with Gasteiger partial charge in [-0.1, -0.05) is 11.6 Å². The molecular formula is C14H12ClN3O2. The van der Waals surface area contributed by atoms with Gasteiger partial charge in [0, 0.05) is 12.6 Å². The first-order chi connectivity index (χ1) is 9.58. The Kier molecular flexibility index (Phi) is 4.28. The molecule has 6 heteroatoms. The second kappa shape index (κ2) is 6.13. The fourth-order valence-corrected chi connectivity index (χ4v) is 1.87. The van der Waals surface area contributed by atoms with Crippen molar-refractivity contribution in [3.05, 3.63) is 46.9 Å². The van der Waals surface area contributed by atoms with Crippen LogP contribution in [0.25, 0.3) is 0 Å². The highest BCUT2D eigenvalue weighted by atomic mass is 35.5. The molecule has 1 heterocycles. The second-order valence-electron chi connectivity index (χ2n) is 4.11. The first kappa shape index (κ1) is 14.0. The molecule has 1 amide bonds. The van der Waals surface area contributed by atoms with Crippen molar-refractivity contribution < 1.29 is 9.21 Å². The number of carbonyl (C=O) groups excluding carboxylic acids is 1. The van der Waals surface area contributed by atoms with Crippen molar-refractivity contribution in [1.29, 1.82) is 5.26 Å². The van der Waals surface area contributed by atoms with Gasteiger partial charge in [-0.25, -0.2) is 0 Å². The van der Waals surface area contributed by atoms with Crippen LogP contribution >= 0.6 is 11.6 Å². The second-order valence-corrected chi connectivity index (χ2v) is 4.51. The molecule has 102 valence electrons. The molecule has 2 N–H and O–H groups in total. The molecule has 0 saturated carbocycles. The first-order valence-corrected chi connectivity index (χ1v) is 6.26. The highest BCUT2D eigenvalue weighted by molar-refractivity contribution is 6.34. The van der Waals surface area contributed by atoms with Gasteiger partial charge in [0.1, 0.15) is 11.8 Å². The van der Waals surface area contributed by atoms with Crippen LogP contribution in [0.15, 0.2) is 34.7 Å². The first-order valence-electron chi connectivity index (χ1n) is 5.88. The number of rotatable bonds is 4.